The summed E-state index contributed by atoms with van der Waals surface area (Å²) < 4.78 is 6.47. The number of hydrogen-bond donors (Lipinski definition) is 0. The first-order valence-electron chi connectivity index (χ1n) is 6.71. The summed E-state index contributed by atoms with van der Waals surface area (Å²) in [6.45, 7) is 6.94. The first-order chi connectivity index (χ1) is 9.82. The van der Waals surface area contributed by atoms with Gasteiger partial charge in [0.15, 0.2) is 5.15 Å². The zero-order valence-corrected chi connectivity index (χ0v) is 13.4. The molecule has 0 spiro atoms. The van der Waals surface area contributed by atoms with Gasteiger partial charge in [0.2, 0.25) is 5.75 Å². The van der Waals surface area contributed by atoms with E-state index in [4.69, 9.17) is 16.3 Å². The number of ether oxygens (including phenoxy) is 1. The third kappa shape index (κ3) is 3.45. The van der Waals surface area contributed by atoms with E-state index in [0.29, 0.717) is 6.54 Å². The van der Waals surface area contributed by atoms with E-state index in [1.165, 1.54) is 23.6 Å². The van der Waals surface area contributed by atoms with Crippen molar-refractivity contribution < 1.29 is 4.74 Å². The van der Waals surface area contributed by atoms with Crippen molar-refractivity contribution in [2.24, 2.45) is 0 Å². The molecule has 5 heteroatoms. The Morgan fingerprint density at radius 2 is 1.86 bits per heavy atom. The molecule has 0 atom stereocenters. The highest BCUT2D eigenvalue weighted by Gasteiger charge is 2.14. The van der Waals surface area contributed by atoms with E-state index in [-0.39, 0.29) is 21.9 Å². The maximum absolute atomic E-state index is 12.2. The van der Waals surface area contributed by atoms with Gasteiger partial charge in [0.05, 0.1) is 20.0 Å². The molecule has 2 rings (SSSR count). The summed E-state index contributed by atoms with van der Waals surface area (Å²) in [6.07, 6.45) is 1.44. The average molecular weight is 307 g/mol. The van der Waals surface area contributed by atoms with Gasteiger partial charge >= 0.3 is 0 Å². The van der Waals surface area contributed by atoms with Gasteiger partial charge in [-0.05, 0) is 16.5 Å². The van der Waals surface area contributed by atoms with Crippen LogP contribution < -0.4 is 10.3 Å². The fourth-order valence-corrected chi connectivity index (χ4v) is 2.24. The molecule has 0 saturated heterocycles. The maximum Gasteiger partial charge on any atom is 0.297 e. The summed E-state index contributed by atoms with van der Waals surface area (Å²) in [4.78, 5) is 16.1. The summed E-state index contributed by atoms with van der Waals surface area (Å²) in [6, 6.07) is 8.21. The Bertz CT molecular complexity index is 685. The molecule has 0 N–H and O–H groups in total. The van der Waals surface area contributed by atoms with Crippen LogP contribution in [0.3, 0.4) is 0 Å². The molecule has 0 aliphatic carbocycles. The van der Waals surface area contributed by atoms with Crippen molar-refractivity contribution in [2.45, 2.75) is 32.7 Å². The lowest BCUT2D eigenvalue weighted by atomic mass is 9.87. The van der Waals surface area contributed by atoms with E-state index in [2.05, 4.69) is 37.9 Å². The Hall–Kier alpha value is -1.81. The molecule has 0 aliphatic heterocycles. The third-order valence-electron chi connectivity index (χ3n) is 3.33. The highest BCUT2D eigenvalue weighted by atomic mass is 35.5. The minimum atomic E-state index is -0.280. The Balaban J connectivity index is 2.29. The molecular weight excluding hydrogens is 288 g/mol. The van der Waals surface area contributed by atoms with Crippen LogP contribution in [0.15, 0.2) is 35.4 Å². The summed E-state index contributed by atoms with van der Waals surface area (Å²) in [5, 5.41) is 0.0850. The molecule has 0 radical (unpaired) electrons. The van der Waals surface area contributed by atoms with Crippen molar-refractivity contribution in [1.29, 1.82) is 0 Å². The van der Waals surface area contributed by atoms with Gasteiger partial charge in [0.25, 0.3) is 5.56 Å². The SMILES string of the molecule is COc1c(Cl)ncn(Cc2ccc(C(C)(C)C)cc2)c1=O. The summed E-state index contributed by atoms with van der Waals surface area (Å²) in [5.41, 5.74) is 2.11. The second kappa shape index (κ2) is 5.90. The molecule has 21 heavy (non-hydrogen) atoms. The number of benzene rings is 1. The molecular formula is C16H19ClN2O2. The second-order valence-electron chi connectivity index (χ2n) is 5.95. The predicted octanol–water partition coefficient (Wildman–Crippen LogP) is 3.25. The molecule has 0 bridgehead atoms. The Morgan fingerprint density at radius 3 is 2.38 bits per heavy atom. The topological polar surface area (TPSA) is 44.1 Å². The van der Waals surface area contributed by atoms with Crippen LogP contribution in [0.2, 0.25) is 5.15 Å². The zero-order chi connectivity index (χ0) is 15.6. The molecule has 2 aromatic rings. The second-order valence-corrected chi connectivity index (χ2v) is 6.31. The van der Waals surface area contributed by atoms with Crippen molar-refractivity contribution >= 4 is 11.6 Å². The lowest BCUT2D eigenvalue weighted by molar-refractivity contribution is 0.401. The van der Waals surface area contributed by atoms with E-state index >= 15 is 0 Å². The minimum Gasteiger partial charge on any atom is -0.489 e. The van der Waals surface area contributed by atoms with E-state index in [1.807, 2.05) is 12.1 Å². The van der Waals surface area contributed by atoms with Crippen LogP contribution >= 0.6 is 11.6 Å². The summed E-state index contributed by atoms with van der Waals surface area (Å²) in [5.74, 6) is 0.0745. The standard InChI is InChI=1S/C16H19ClN2O2/c1-16(2,3)12-7-5-11(6-8-12)9-19-10-18-14(17)13(21-4)15(19)20/h5-8,10H,9H2,1-4H3. The number of aromatic nitrogens is 2. The number of halogens is 1. The highest BCUT2D eigenvalue weighted by Crippen LogP contribution is 2.22. The number of methoxy groups -OCH3 is 1. The first-order valence-corrected chi connectivity index (χ1v) is 7.09. The fraction of sp³-hybridized carbons (Fsp3) is 0.375. The quantitative estimate of drug-likeness (QED) is 0.818. The monoisotopic (exact) mass is 306 g/mol. The van der Waals surface area contributed by atoms with E-state index in [1.54, 1.807) is 0 Å². The Kier molecular flexibility index (Phi) is 4.37. The van der Waals surface area contributed by atoms with E-state index in [9.17, 15) is 4.79 Å². The maximum atomic E-state index is 12.2. The van der Waals surface area contributed by atoms with Crippen molar-refractivity contribution in [3.8, 4) is 5.75 Å². The van der Waals surface area contributed by atoms with Gasteiger partial charge in [-0.15, -0.1) is 0 Å². The van der Waals surface area contributed by atoms with Gasteiger partial charge in [0.1, 0.15) is 0 Å². The smallest absolute Gasteiger partial charge is 0.297 e. The van der Waals surface area contributed by atoms with Crippen LogP contribution in [0.5, 0.6) is 5.75 Å². The van der Waals surface area contributed by atoms with E-state index in [0.717, 1.165) is 5.56 Å². The number of hydrogen-bond acceptors (Lipinski definition) is 3. The average Bonchev–Trinajstić information content (AvgIpc) is 2.42. The summed E-state index contributed by atoms with van der Waals surface area (Å²) in [7, 11) is 1.41. The molecule has 0 amide bonds. The van der Waals surface area contributed by atoms with Gasteiger partial charge in [0, 0.05) is 0 Å². The normalized spacial score (nSPS) is 11.5. The van der Waals surface area contributed by atoms with Gasteiger partial charge in [-0.1, -0.05) is 56.6 Å². The van der Waals surface area contributed by atoms with Crippen LogP contribution in [0.4, 0.5) is 0 Å². The minimum absolute atomic E-state index is 0.0745. The molecule has 0 fully saturated rings. The molecule has 1 aromatic heterocycles. The first kappa shape index (κ1) is 15.6. The van der Waals surface area contributed by atoms with Crippen LogP contribution in [0, 0.1) is 0 Å². The number of nitrogens with zero attached hydrogens (tertiary/aromatic N) is 2. The number of rotatable bonds is 3. The van der Waals surface area contributed by atoms with Crippen LogP contribution in [0.1, 0.15) is 31.9 Å². The predicted molar refractivity (Wildman–Crippen MR) is 84.3 cm³/mol. The van der Waals surface area contributed by atoms with Gasteiger partial charge in [-0.2, -0.15) is 0 Å². The van der Waals surface area contributed by atoms with Gasteiger partial charge < -0.3 is 4.74 Å². The largest absolute Gasteiger partial charge is 0.489 e. The third-order valence-corrected chi connectivity index (χ3v) is 3.60. The summed E-state index contributed by atoms with van der Waals surface area (Å²) >= 11 is 5.83. The Labute approximate surface area is 129 Å². The van der Waals surface area contributed by atoms with Gasteiger partial charge in [-0.3, -0.25) is 9.36 Å². The molecule has 0 saturated carbocycles. The van der Waals surface area contributed by atoms with Crippen molar-refractivity contribution in [1.82, 2.24) is 9.55 Å². The Morgan fingerprint density at radius 1 is 1.24 bits per heavy atom. The lowest BCUT2D eigenvalue weighted by Gasteiger charge is -2.19. The van der Waals surface area contributed by atoms with Crippen molar-refractivity contribution in [2.75, 3.05) is 7.11 Å². The zero-order valence-electron chi connectivity index (χ0n) is 12.7. The molecule has 0 aliphatic rings. The lowest BCUT2D eigenvalue weighted by Crippen LogP contribution is -2.22. The highest BCUT2D eigenvalue weighted by molar-refractivity contribution is 6.30. The van der Waals surface area contributed by atoms with Crippen LogP contribution in [-0.2, 0) is 12.0 Å². The fourth-order valence-electron chi connectivity index (χ4n) is 2.04. The molecule has 1 heterocycles. The molecule has 0 unspecified atom stereocenters. The molecule has 4 nitrogen and oxygen atoms in total. The van der Waals surface area contributed by atoms with Crippen LogP contribution in [0.25, 0.3) is 0 Å². The van der Waals surface area contributed by atoms with Crippen LogP contribution in [-0.4, -0.2) is 16.7 Å². The van der Waals surface area contributed by atoms with E-state index < -0.39 is 0 Å². The molecule has 1 aromatic carbocycles. The molecule has 112 valence electrons. The van der Waals surface area contributed by atoms with Crippen molar-refractivity contribution in [3.05, 3.63) is 57.2 Å². The van der Waals surface area contributed by atoms with Gasteiger partial charge in [-0.25, -0.2) is 4.98 Å². The van der Waals surface area contributed by atoms with Crippen molar-refractivity contribution in [3.63, 3.8) is 0 Å².